The molecule has 3 aliphatic rings. The molecule has 0 bridgehead atoms. The first kappa shape index (κ1) is 24.0. The lowest BCUT2D eigenvalue weighted by Gasteiger charge is -2.49. The molecule has 179 valence electrons. The van der Waals surface area contributed by atoms with Crippen LogP contribution in [0.25, 0.3) is 0 Å². The van der Waals surface area contributed by atoms with Crippen LogP contribution in [0.2, 0.25) is 0 Å². The molecule has 0 aromatic heterocycles. The van der Waals surface area contributed by atoms with Crippen LogP contribution < -0.4 is 5.32 Å². The first-order chi connectivity index (χ1) is 16.1. The van der Waals surface area contributed by atoms with Crippen molar-refractivity contribution in [3.05, 3.63) is 35.4 Å². The number of quaternary nitrogens is 1. The Morgan fingerprint density at radius 1 is 1.06 bits per heavy atom. The minimum absolute atomic E-state index is 0.0229. The van der Waals surface area contributed by atoms with Crippen molar-refractivity contribution in [1.29, 1.82) is 0 Å². The van der Waals surface area contributed by atoms with Crippen molar-refractivity contribution in [3.63, 3.8) is 0 Å². The second-order valence-corrected chi connectivity index (χ2v) is 9.76. The second kappa shape index (κ2) is 10.9. The molecule has 33 heavy (non-hydrogen) atoms. The number of likely N-dealkylation sites (tertiary alicyclic amines) is 1. The number of rotatable bonds is 6. The van der Waals surface area contributed by atoms with E-state index in [4.69, 9.17) is 4.74 Å². The summed E-state index contributed by atoms with van der Waals surface area (Å²) in [5, 5.41) is 5.81. The zero-order chi connectivity index (χ0) is 23.3. The molecule has 1 aromatic rings. The first-order valence-corrected chi connectivity index (χ1v) is 12.6. The Kier molecular flexibility index (Phi) is 7.94. The number of nitrogens with one attached hydrogen (secondary N) is 1. The summed E-state index contributed by atoms with van der Waals surface area (Å²) in [6.07, 6.45) is 7.91. The minimum atomic E-state index is -0.148. The van der Waals surface area contributed by atoms with Gasteiger partial charge in [0.1, 0.15) is 13.1 Å². The number of piperidine rings is 3. The van der Waals surface area contributed by atoms with Gasteiger partial charge < -0.3 is 10.1 Å². The van der Waals surface area contributed by atoms with Crippen molar-refractivity contribution < 1.29 is 23.7 Å². The number of nitrogens with zero attached hydrogens (tertiary/aromatic N) is 2. The van der Waals surface area contributed by atoms with Gasteiger partial charge in [0.15, 0.2) is 0 Å². The predicted molar refractivity (Wildman–Crippen MR) is 125 cm³/mol. The summed E-state index contributed by atoms with van der Waals surface area (Å²) in [6, 6.07) is 6.86. The van der Waals surface area contributed by atoms with E-state index in [2.05, 4.69) is 10.3 Å². The van der Waals surface area contributed by atoms with Gasteiger partial charge in [0, 0.05) is 31.5 Å². The zero-order valence-corrected chi connectivity index (χ0v) is 19.8. The number of carbonyl (C=O) groups excluding carboxylic acids is 3. The molecular formula is C26H37N3O4+. The van der Waals surface area contributed by atoms with Crippen LogP contribution in [0.4, 0.5) is 0 Å². The predicted octanol–water partition coefficient (Wildman–Crippen LogP) is 2.70. The maximum absolute atomic E-state index is 14.0. The SMILES string of the molecule is CCOC(=O)C1CC[N+](C(=O)c2cccc([C]=O)c2)(N2CCC(C3CCNCC3)CC2)CC1. The summed E-state index contributed by atoms with van der Waals surface area (Å²) < 4.78 is 5.51. The van der Waals surface area contributed by atoms with E-state index in [-0.39, 0.29) is 22.4 Å². The Bertz CT molecular complexity index is 836. The van der Waals surface area contributed by atoms with Crippen molar-refractivity contribution in [2.75, 3.05) is 45.9 Å². The Balaban J connectivity index is 1.52. The van der Waals surface area contributed by atoms with Gasteiger partial charge >= 0.3 is 11.9 Å². The van der Waals surface area contributed by atoms with E-state index >= 15 is 0 Å². The van der Waals surface area contributed by atoms with Crippen molar-refractivity contribution in [2.24, 2.45) is 17.8 Å². The average molecular weight is 456 g/mol. The maximum atomic E-state index is 14.0. The van der Waals surface area contributed by atoms with E-state index in [1.54, 1.807) is 24.3 Å². The summed E-state index contributed by atoms with van der Waals surface area (Å²) in [4.78, 5) is 37.5. The molecule has 0 saturated carbocycles. The molecule has 7 heteroatoms. The number of carbonyl (C=O) groups is 2. The van der Waals surface area contributed by atoms with Crippen LogP contribution in [0.5, 0.6) is 0 Å². The van der Waals surface area contributed by atoms with E-state index in [9.17, 15) is 14.4 Å². The van der Waals surface area contributed by atoms with E-state index in [1.165, 1.54) is 12.8 Å². The van der Waals surface area contributed by atoms with Gasteiger partial charge in [-0.2, -0.15) is 4.59 Å². The normalized spacial score (nSPS) is 27.7. The van der Waals surface area contributed by atoms with Crippen LogP contribution in [0.15, 0.2) is 24.3 Å². The highest BCUT2D eigenvalue weighted by atomic mass is 16.5. The molecule has 0 atom stereocenters. The standard InChI is InChI=1S/C26H37N3O4/c1-2-33-26(32)23-10-16-29(17-11-23,25(31)24-5-3-4-20(18-24)19-30)28-14-8-22(9-15-28)21-6-12-27-13-7-21/h3-5,18,21-23,27H,2,6-17H2,1H3/q+1. The van der Waals surface area contributed by atoms with Gasteiger partial charge in [0.2, 0.25) is 6.29 Å². The second-order valence-electron chi connectivity index (χ2n) is 9.76. The lowest BCUT2D eigenvalue weighted by molar-refractivity contribution is -0.971. The Morgan fingerprint density at radius 2 is 1.73 bits per heavy atom. The van der Waals surface area contributed by atoms with Crippen LogP contribution in [-0.2, 0) is 14.3 Å². The molecular weight excluding hydrogens is 418 g/mol. The lowest BCUT2D eigenvalue weighted by Crippen LogP contribution is -2.68. The van der Waals surface area contributed by atoms with E-state index < -0.39 is 0 Å². The molecule has 3 aliphatic heterocycles. The number of hydrogen-bond acceptors (Lipinski definition) is 6. The third-order valence-corrected chi connectivity index (χ3v) is 8.03. The fourth-order valence-electron chi connectivity index (χ4n) is 6.12. The number of ether oxygens (including phenoxy) is 1. The Labute approximate surface area is 197 Å². The first-order valence-electron chi connectivity index (χ1n) is 12.6. The lowest BCUT2D eigenvalue weighted by atomic mass is 9.79. The van der Waals surface area contributed by atoms with Crippen LogP contribution in [0.1, 0.15) is 61.4 Å². The highest BCUT2D eigenvalue weighted by Crippen LogP contribution is 2.36. The third-order valence-electron chi connectivity index (χ3n) is 8.03. The molecule has 0 unspecified atom stereocenters. The van der Waals surface area contributed by atoms with Gasteiger partial charge in [-0.05, 0) is 69.7 Å². The highest BCUT2D eigenvalue weighted by molar-refractivity contribution is 5.91. The van der Waals surface area contributed by atoms with Gasteiger partial charge in [0.25, 0.3) is 0 Å². The third kappa shape index (κ3) is 5.20. The number of hydrogen-bond donors (Lipinski definition) is 1. The zero-order valence-electron chi connectivity index (χ0n) is 19.8. The summed E-state index contributed by atoms with van der Waals surface area (Å²) in [6.45, 7) is 7.41. The molecule has 1 amide bonds. The average Bonchev–Trinajstić information content (AvgIpc) is 2.89. The van der Waals surface area contributed by atoms with Gasteiger partial charge in [-0.25, -0.2) is 4.79 Å². The summed E-state index contributed by atoms with van der Waals surface area (Å²) in [5.41, 5.74) is 0.941. The molecule has 0 spiro atoms. The number of benzene rings is 1. The maximum Gasteiger partial charge on any atom is 0.365 e. The molecule has 3 saturated heterocycles. The summed E-state index contributed by atoms with van der Waals surface area (Å²) in [5.74, 6) is 1.24. The highest BCUT2D eigenvalue weighted by Gasteiger charge is 2.49. The molecule has 1 N–H and O–H groups in total. The monoisotopic (exact) mass is 455 g/mol. The number of esters is 1. The van der Waals surface area contributed by atoms with Crippen LogP contribution in [0.3, 0.4) is 0 Å². The quantitative estimate of drug-likeness (QED) is 0.525. The minimum Gasteiger partial charge on any atom is -0.466 e. The van der Waals surface area contributed by atoms with Crippen LogP contribution in [-0.4, -0.2) is 73.6 Å². The van der Waals surface area contributed by atoms with Crippen molar-refractivity contribution in [2.45, 2.75) is 45.4 Å². The largest absolute Gasteiger partial charge is 0.466 e. The molecule has 7 nitrogen and oxygen atoms in total. The Morgan fingerprint density at radius 3 is 2.36 bits per heavy atom. The van der Waals surface area contributed by atoms with Gasteiger partial charge in [0.05, 0.1) is 18.1 Å². The van der Waals surface area contributed by atoms with Gasteiger partial charge in [-0.3, -0.25) is 9.59 Å². The van der Waals surface area contributed by atoms with Crippen LogP contribution in [0, 0.1) is 17.8 Å². The van der Waals surface area contributed by atoms with Gasteiger partial charge in [-0.15, -0.1) is 5.01 Å². The molecule has 3 heterocycles. The van der Waals surface area contributed by atoms with Crippen molar-refractivity contribution >= 4 is 18.2 Å². The molecule has 1 radical (unpaired) electrons. The Hall–Kier alpha value is -2.09. The van der Waals surface area contributed by atoms with E-state index in [0.717, 1.165) is 50.9 Å². The van der Waals surface area contributed by atoms with E-state index in [0.29, 0.717) is 43.7 Å². The summed E-state index contributed by atoms with van der Waals surface area (Å²) in [7, 11) is 0. The number of amides is 1. The fraction of sp³-hybridized carbons (Fsp3) is 0.654. The fourth-order valence-corrected chi connectivity index (χ4v) is 6.12. The van der Waals surface area contributed by atoms with Crippen LogP contribution >= 0.6 is 0 Å². The molecule has 0 aliphatic carbocycles. The summed E-state index contributed by atoms with van der Waals surface area (Å²) >= 11 is 0. The topological polar surface area (TPSA) is 75.7 Å². The molecule has 4 rings (SSSR count). The van der Waals surface area contributed by atoms with Crippen molar-refractivity contribution in [1.82, 2.24) is 10.3 Å². The molecule has 1 aromatic carbocycles. The van der Waals surface area contributed by atoms with Gasteiger partial charge in [-0.1, -0.05) is 12.1 Å². The molecule has 3 fully saturated rings. The smallest absolute Gasteiger partial charge is 0.365 e. The van der Waals surface area contributed by atoms with Crippen molar-refractivity contribution in [3.8, 4) is 0 Å². The van der Waals surface area contributed by atoms with E-state index in [1.807, 2.05) is 13.2 Å².